The van der Waals surface area contributed by atoms with Gasteiger partial charge in [0.1, 0.15) is 0 Å². The minimum absolute atomic E-state index is 0.0555. The van der Waals surface area contributed by atoms with Crippen molar-refractivity contribution in [1.82, 2.24) is 0 Å². The second-order valence-corrected chi connectivity index (χ2v) is 7.73. The van der Waals surface area contributed by atoms with Crippen LogP contribution in [0.1, 0.15) is 112 Å². The van der Waals surface area contributed by atoms with Gasteiger partial charge in [-0.1, -0.05) is 99.3 Å². The molecular weight excluding hydrogens is 416 g/mol. The molecule has 4 atom stereocenters. The Morgan fingerprint density at radius 1 is 0.733 bits per heavy atom. The van der Waals surface area contributed by atoms with Crippen LogP contribution in [0.15, 0.2) is 0 Å². The summed E-state index contributed by atoms with van der Waals surface area (Å²) in [6, 6.07) is 0. The topological polar surface area (TPSA) is 76.0 Å². The molecule has 182 valence electrons. The SMILES string of the molecule is CCCC(OO)C(CC)COO.[CH2-]C(CC)CCCC.[CH2-]C(CC)CCCC.[O]=[Ti+2]. The standard InChI is InChI=1S/C8H18O4.2C8H17.O.Ti/c1-3-5-8(12-10)7(4-2)6-11-9;2*1-4-6-7-8(3)5-2;;/h7-10H,3-6H2,1-2H3;2*8H,3-7H2,1-2H3;;/q;2*-1;;+2. The molecule has 0 aliphatic heterocycles. The summed E-state index contributed by atoms with van der Waals surface area (Å²) in [4.78, 5) is 8.34. The summed E-state index contributed by atoms with van der Waals surface area (Å²) < 4.78 is 8.25. The van der Waals surface area contributed by atoms with Crippen LogP contribution in [0.25, 0.3) is 0 Å². The average molecular weight is 469 g/mol. The molecule has 0 spiro atoms. The first kappa shape index (κ1) is 37.7. The summed E-state index contributed by atoms with van der Waals surface area (Å²) >= 11 is 0.750. The van der Waals surface area contributed by atoms with E-state index in [1.165, 1.54) is 51.4 Å². The van der Waals surface area contributed by atoms with Crippen molar-refractivity contribution in [1.29, 1.82) is 0 Å². The maximum atomic E-state index is 8.55. The van der Waals surface area contributed by atoms with Crippen molar-refractivity contribution in [2.75, 3.05) is 6.61 Å². The predicted octanol–water partition coefficient (Wildman–Crippen LogP) is 8.11. The van der Waals surface area contributed by atoms with Gasteiger partial charge in [-0.2, -0.15) is 11.8 Å². The number of hydrogen-bond acceptors (Lipinski definition) is 5. The predicted molar refractivity (Wildman–Crippen MR) is 123 cm³/mol. The van der Waals surface area contributed by atoms with Crippen molar-refractivity contribution in [3.63, 3.8) is 0 Å². The van der Waals surface area contributed by atoms with Crippen LogP contribution in [0.2, 0.25) is 0 Å². The van der Waals surface area contributed by atoms with Crippen LogP contribution in [-0.4, -0.2) is 23.2 Å². The van der Waals surface area contributed by atoms with Gasteiger partial charge in [0.15, 0.2) is 0 Å². The molecule has 30 heavy (non-hydrogen) atoms. The number of hydrogen-bond donors (Lipinski definition) is 2. The van der Waals surface area contributed by atoms with Gasteiger partial charge in [-0.3, -0.25) is 10.5 Å². The molecule has 5 nitrogen and oxygen atoms in total. The summed E-state index contributed by atoms with van der Waals surface area (Å²) in [7, 11) is 0. The summed E-state index contributed by atoms with van der Waals surface area (Å²) in [5.74, 6) is 1.46. The molecular formula is C24H52O5Ti. The van der Waals surface area contributed by atoms with E-state index < -0.39 is 0 Å². The Kier molecular flexibility index (Phi) is 42.7. The third-order valence-corrected chi connectivity index (χ3v) is 5.13. The molecule has 0 saturated heterocycles. The summed E-state index contributed by atoms with van der Waals surface area (Å²) in [6.45, 7) is 21.0. The van der Waals surface area contributed by atoms with E-state index in [2.05, 4.69) is 51.3 Å². The Balaban J connectivity index is -0.000000167. The molecule has 0 aliphatic carbocycles. The molecule has 0 aromatic heterocycles. The van der Waals surface area contributed by atoms with Crippen LogP contribution < -0.4 is 0 Å². The van der Waals surface area contributed by atoms with Gasteiger partial charge in [-0.05, 0) is 12.8 Å². The van der Waals surface area contributed by atoms with Gasteiger partial charge in [0.25, 0.3) is 0 Å². The Labute approximate surface area is 200 Å². The van der Waals surface area contributed by atoms with Gasteiger partial charge in [0.05, 0.1) is 12.7 Å². The normalized spacial score (nSPS) is 14.0. The molecule has 0 radical (unpaired) electrons. The Bertz CT molecular complexity index is 256. The van der Waals surface area contributed by atoms with Gasteiger partial charge in [0, 0.05) is 5.92 Å². The molecule has 0 aromatic carbocycles. The Morgan fingerprint density at radius 3 is 1.40 bits per heavy atom. The fourth-order valence-corrected chi connectivity index (χ4v) is 2.64. The third-order valence-electron chi connectivity index (χ3n) is 5.13. The minimum atomic E-state index is -0.229. The van der Waals surface area contributed by atoms with Crippen molar-refractivity contribution in [2.45, 2.75) is 118 Å². The zero-order chi connectivity index (χ0) is 24.2. The summed E-state index contributed by atoms with van der Waals surface area (Å²) in [6.07, 6.45) is 12.7. The second kappa shape index (κ2) is 34.0. The monoisotopic (exact) mass is 468 g/mol. The van der Waals surface area contributed by atoms with Crippen LogP contribution in [0, 0.1) is 31.6 Å². The molecule has 6 heteroatoms. The van der Waals surface area contributed by atoms with Crippen LogP contribution in [0.4, 0.5) is 0 Å². The molecule has 0 heterocycles. The zero-order valence-electron chi connectivity index (χ0n) is 20.8. The fourth-order valence-electron chi connectivity index (χ4n) is 2.64. The number of unbranched alkanes of at least 4 members (excludes halogenated alkanes) is 2. The summed E-state index contributed by atoms with van der Waals surface area (Å²) in [5.41, 5.74) is 0. The van der Waals surface area contributed by atoms with E-state index in [0.717, 1.165) is 39.7 Å². The van der Waals surface area contributed by atoms with Crippen LogP contribution in [-0.2, 0) is 33.5 Å². The first-order chi connectivity index (χ1) is 14.4. The Hall–Kier alpha value is 0.354. The fraction of sp³-hybridized carbons (Fsp3) is 0.917. The van der Waals surface area contributed by atoms with E-state index in [4.69, 9.17) is 13.8 Å². The molecule has 0 fully saturated rings. The van der Waals surface area contributed by atoms with E-state index in [1.807, 2.05) is 13.8 Å². The molecule has 4 unspecified atom stereocenters. The molecule has 2 N–H and O–H groups in total. The van der Waals surface area contributed by atoms with Crippen molar-refractivity contribution < 1.29 is 44.0 Å². The second-order valence-electron chi connectivity index (χ2n) is 7.73. The maximum absolute atomic E-state index is 8.55. The molecule has 0 aliphatic rings. The molecule has 0 bridgehead atoms. The number of rotatable bonds is 15. The van der Waals surface area contributed by atoms with Gasteiger partial charge in [-0.25, -0.2) is 9.78 Å². The van der Waals surface area contributed by atoms with Crippen molar-refractivity contribution in [3.05, 3.63) is 13.8 Å². The molecule has 0 rings (SSSR count). The van der Waals surface area contributed by atoms with Gasteiger partial charge in [0.2, 0.25) is 0 Å². The first-order valence-electron chi connectivity index (χ1n) is 11.8. The van der Waals surface area contributed by atoms with Crippen LogP contribution in [0.5, 0.6) is 0 Å². The van der Waals surface area contributed by atoms with Crippen molar-refractivity contribution in [3.8, 4) is 0 Å². The summed E-state index contributed by atoms with van der Waals surface area (Å²) in [5, 5.41) is 16.8. The van der Waals surface area contributed by atoms with E-state index >= 15 is 0 Å². The van der Waals surface area contributed by atoms with Crippen LogP contribution in [0.3, 0.4) is 0 Å². The van der Waals surface area contributed by atoms with E-state index in [-0.39, 0.29) is 18.6 Å². The first-order valence-corrected chi connectivity index (χ1v) is 12.5. The average Bonchev–Trinajstić information content (AvgIpc) is 2.80. The van der Waals surface area contributed by atoms with Gasteiger partial charge >= 0.3 is 23.7 Å². The molecule has 0 aromatic rings. The quantitative estimate of drug-likeness (QED) is 0.110. The van der Waals surface area contributed by atoms with Gasteiger partial charge in [-0.15, -0.1) is 0 Å². The zero-order valence-corrected chi connectivity index (χ0v) is 22.4. The van der Waals surface area contributed by atoms with Crippen molar-refractivity contribution in [2.24, 2.45) is 17.8 Å². The van der Waals surface area contributed by atoms with Gasteiger partial charge < -0.3 is 13.8 Å². The van der Waals surface area contributed by atoms with Crippen molar-refractivity contribution >= 4 is 0 Å². The van der Waals surface area contributed by atoms with E-state index in [0.29, 0.717) is 11.8 Å². The molecule has 0 amide bonds. The van der Waals surface area contributed by atoms with E-state index in [9.17, 15) is 0 Å². The van der Waals surface area contributed by atoms with E-state index in [1.54, 1.807) is 0 Å². The Morgan fingerprint density at radius 2 is 1.17 bits per heavy atom. The third kappa shape index (κ3) is 30.5. The van der Waals surface area contributed by atoms with Crippen LogP contribution >= 0.6 is 0 Å². The molecule has 0 saturated carbocycles.